The molecule has 0 spiro atoms. The van der Waals surface area contributed by atoms with Crippen molar-refractivity contribution in [2.24, 2.45) is 5.92 Å². The maximum Gasteiger partial charge on any atom is -0.0414 e. The van der Waals surface area contributed by atoms with E-state index in [1.807, 2.05) is 0 Å². The first kappa shape index (κ1) is 19.0. The first-order chi connectivity index (χ1) is 10.4. The van der Waals surface area contributed by atoms with Gasteiger partial charge in [-0.05, 0) is 5.92 Å². The molecule has 0 saturated heterocycles. The highest BCUT2D eigenvalue weighted by Crippen LogP contribution is 2.26. The van der Waals surface area contributed by atoms with Crippen LogP contribution in [0.15, 0.2) is 0 Å². The second-order valence-corrected chi connectivity index (χ2v) is 7.39. The molecule has 0 aromatic heterocycles. The van der Waals surface area contributed by atoms with Gasteiger partial charge in [-0.15, -0.1) is 0 Å². The Morgan fingerprint density at radius 3 is 1.48 bits per heavy atom. The van der Waals surface area contributed by atoms with Crippen LogP contribution in [0.3, 0.4) is 0 Å². The summed E-state index contributed by atoms with van der Waals surface area (Å²) in [5, 5.41) is 0. The lowest BCUT2D eigenvalue weighted by Gasteiger charge is -2.15. The second kappa shape index (κ2) is 14.9. The van der Waals surface area contributed by atoms with Crippen molar-refractivity contribution < 1.29 is 0 Å². The molecule has 0 heterocycles. The van der Waals surface area contributed by atoms with Gasteiger partial charge >= 0.3 is 0 Å². The molecule has 0 bridgehead atoms. The molecular weight excluding hydrogens is 252 g/mol. The van der Waals surface area contributed by atoms with E-state index in [0.717, 1.165) is 12.3 Å². The van der Waals surface area contributed by atoms with E-state index in [9.17, 15) is 0 Å². The summed E-state index contributed by atoms with van der Waals surface area (Å²) in [6, 6.07) is 0. The monoisotopic (exact) mass is 293 g/mol. The quantitative estimate of drug-likeness (QED) is 0.340. The molecule has 0 unspecified atom stereocenters. The van der Waals surface area contributed by atoms with Crippen LogP contribution in [0.1, 0.15) is 122 Å². The van der Waals surface area contributed by atoms with Crippen LogP contribution in [0.2, 0.25) is 0 Å². The van der Waals surface area contributed by atoms with Crippen LogP contribution in [0.25, 0.3) is 0 Å². The lowest BCUT2D eigenvalue weighted by molar-refractivity contribution is 0.381. The van der Waals surface area contributed by atoms with Crippen molar-refractivity contribution in [3.8, 4) is 0 Å². The third-order valence-electron chi connectivity index (χ3n) is 5.34. The first-order valence-electron chi connectivity index (χ1n) is 10.2. The van der Waals surface area contributed by atoms with Gasteiger partial charge in [0, 0.05) is 0 Å². The van der Waals surface area contributed by atoms with Crippen LogP contribution in [0.4, 0.5) is 0 Å². The van der Waals surface area contributed by atoms with Crippen molar-refractivity contribution in [3.63, 3.8) is 0 Å². The number of unbranched alkanes of at least 4 members (excludes halogenated alkanes) is 9. The molecule has 0 aromatic carbocycles. The van der Waals surface area contributed by atoms with E-state index in [4.69, 9.17) is 0 Å². The molecule has 1 rings (SSSR count). The van der Waals surface area contributed by atoms with Gasteiger partial charge in [0.15, 0.2) is 0 Å². The molecule has 1 radical (unpaired) electrons. The zero-order valence-electron chi connectivity index (χ0n) is 14.7. The van der Waals surface area contributed by atoms with Crippen molar-refractivity contribution in [3.05, 3.63) is 6.92 Å². The van der Waals surface area contributed by atoms with E-state index in [1.54, 1.807) is 0 Å². The molecule has 0 heteroatoms. The summed E-state index contributed by atoms with van der Waals surface area (Å²) in [4.78, 5) is 0. The van der Waals surface area contributed by atoms with E-state index in [0.29, 0.717) is 0 Å². The Balaban J connectivity index is 1.86. The second-order valence-electron chi connectivity index (χ2n) is 7.39. The highest BCUT2D eigenvalue weighted by Gasteiger charge is 2.10. The standard InChI is InChI=1S/C21H41/c1-2-3-4-5-6-7-8-9-12-15-18-21-19-16-13-10-11-14-17-20-21/h21H,1-20H2. The largest absolute Gasteiger partial charge is 0.0533 e. The van der Waals surface area contributed by atoms with Crippen molar-refractivity contribution in [1.82, 2.24) is 0 Å². The third-order valence-corrected chi connectivity index (χ3v) is 5.34. The molecule has 0 N–H and O–H groups in total. The summed E-state index contributed by atoms with van der Waals surface area (Å²) in [7, 11) is 0. The van der Waals surface area contributed by atoms with Crippen molar-refractivity contribution in [2.45, 2.75) is 122 Å². The lowest BCUT2D eigenvalue weighted by atomic mass is 9.91. The third kappa shape index (κ3) is 12.2. The zero-order chi connectivity index (χ0) is 15.0. The Morgan fingerprint density at radius 1 is 0.524 bits per heavy atom. The van der Waals surface area contributed by atoms with Crippen LogP contribution < -0.4 is 0 Å². The van der Waals surface area contributed by atoms with Gasteiger partial charge in [0.25, 0.3) is 0 Å². The van der Waals surface area contributed by atoms with E-state index >= 15 is 0 Å². The minimum Gasteiger partial charge on any atom is -0.0533 e. The molecule has 0 aromatic rings. The number of rotatable bonds is 11. The van der Waals surface area contributed by atoms with Crippen LogP contribution in [0, 0.1) is 12.8 Å². The molecule has 125 valence electrons. The minimum absolute atomic E-state index is 1.07. The average Bonchev–Trinajstić information content (AvgIpc) is 2.63. The van der Waals surface area contributed by atoms with Crippen LogP contribution in [-0.2, 0) is 0 Å². The smallest absolute Gasteiger partial charge is 0.0414 e. The lowest BCUT2D eigenvalue weighted by Crippen LogP contribution is -2.00. The molecule has 0 aliphatic heterocycles. The van der Waals surface area contributed by atoms with Crippen LogP contribution >= 0.6 is 0 Å². The highest BCUT2D eigenvalue weighted by atomic mass is 14.2. The Labute approximate surface area is 135 Å². The summed E-state index contributed by atoms with van der Waals surface area (Å²) >= 11 is 0. The molecule has 0 atom stereocenters. The summed E-state index contributed by atoms with van der Waals surface area (Å²) in [6.45, 7) is 3.91. The van der Waals surface area contributed by atoms with Crippen LogP contribution in [0.5, 0.6) is 0 Å². The molecule has 1 aliphatic rings. The first-order valence-corrected chi connectivity index (χ1v) is 10.2. The summed E-state index contributed by atoms with van der Waals surface area (Å²) in [6.07, 6.45) is 27.9. The van der Waals surface area contributed by atoms with Gasteiger partial charge in [-0.2, -0.15) is 0 Å². The summed E-state index contributed by atoms with van der Waals surface area (Å²) in [5.41, 5.74) is 0. The molecular formula is C21H41. The summed E-state index contributed by atoms with van der Waals surface area (Å²) < 4.78 is 0. The topological polar surface area (TPSA) is 0 Å². The molecule has 1 aliphatic carbocycles. The minimum atomic E-state index is 1.07. The Bertz CT molecular complexity index is 186. The van der Waals surface area contributed by atoms with E-state index in [-0.39, 0.29) is 0 Å². The van der Waals surface area contributed by atoms with Crippen molar-refractivity contribution in [1.29, 1.82) is 0 Å². The molecule has 0 amide bonds. The van der Waals surface area contributed by atoms with Gasteiger partial charge in [-0.25, -0.2) is 0 Å². The molecule has 21 heavy (non-hydrogen) atoms. The molecule has 1 fully saturated rings. The SMILES string of the molecule is [CH2]CCCCCCCCCCCC1CCCCCCCC1. The fourth-order valence-electron chi connectivity index (χ4n) is 3.85. The normalized spacial score (nSPS) is 18.1. The predicted molar refractivity (Wildman–Crippen MR) is 96.6 cm³/mol. The van der Waals surface area contributed by atoms with Crippen molar-refractivity contribution in [2.75, 3.05) is 0 Å². The Hall–Kier alpha value is 0. The maximum absolute atomic E-state index is 3.91. The fraction of sp³-hybridized carbons (Fsp3) is 0.952. The fourth-order valence-corrected chi connectivity index (χ4v) is 3.85. The van der Waals surface area contributed by atoms with Gasteiger partial charge in [0.05, 0.1) is 0 Å². The molecule has 1 saturated carbocycles. The van der Waals surface area contributed by atoms with Gasteiger partial charge in [-0.1, -0.05) is 129 Å². The van der Waals surface area contributed by atoms with E-state index in [1.165, 1.54) is 116 Å². The van der Waals surface area contributed by atoms with Gasteiger partial charge < -0.3 is 0 Å². The number of hydrogen-bond acceptors (Lipinski definition) is 0. The summed E-state index contributed by atoms with van der Waals surface area (Å²) in [5.74, 6) is 1.07. The average molecular weight is 294 g/mol. The zero-order valence-corrected chi connectivity index (χ0v) is 14.7. The molecule has 0 nitrogen and oxygen atoms in total. The van der Waals surface area contributed by atoms with E-state index < -0.39 is 0 Å². The number of hydrogen-bond donors (Lipinski definition) is 0. The maximum atomic E-state index is 3.91. The van der Waals surface area contributed by atoms with Gasteiger partial charge in [0.1, 0.15) is 0 Å². The highest BCUT2D eigenvalue weighted by molar-refractivity contribution is 4.63. The van der Waals surface area contributed by atoms with Crippen LogP contribution in [-0.4, -0.2) is 0 Å². The predicted octanol–water partition coefficient (Wildman–Crippen LogP) is 7.86. The van der Waals surface area contributed by atoms with E-state index in [2.05, 4.69) is 6.92 Å². The van der Waals surface area contributed by atoms with Crippen molar-refractivity contribution >= 4 is 0 Å². The van der Waals surface area contributed by atoms with Gasteiger partial charge in [0.2, 0.25) is 0 Å². The Morgan fingerprint density at radius 2 is 0.952 bits per heavy atom. The van der Waals surface area contributed by atoms with Gasteiger partial charge in [-0.3, -0.25) is 0 Å². The Kier molecular flexibility index (Phi) is 13.5.